The number of likely N-dealkylation sites (N-methyl/N-ethyl adjacent to an activating group) is 1. The third kappa shape index (κ3) is 3.89. The molecule has 0 spiro atoms. The summed E-state index contributed by atoms with van der Waals surface area (Å²) >= 11 is 0. The normalized spacial score (nSPS) is 15.0. The van der Waals surface area contributed by atoms with Crippen LogP contribution in [-0.2, 0) is 12.8 Å². The predicted octanol–water partition coefficient (Wildman–Crippen LogP) is 1.02. The maximum Gasteiger partial charge on any atom is 0.104 e. The van der Waals surface area contributed by atoms with E-state index in [1.165, 1.54) is 22.5 Å². The largest absolute Gasteiger partial charge is 1.00 e. The van der Waals surface area contributed by atoms with Gasteiger partial charge in [-0.25, -0.2) is 0 Å². The fourth-order valence-corrected chi connectivity index (χ4v) is 3.08. The van der Waals surface area contributed by atoms with Crippen molar-refractivity contribution in [3.63, 3.8) is 0 Å². The Kier molecular flexibility index (Phi) is 5.74. The van der Waals surface area contributed by atoms with Crippen molar-refractivity contribution in [3.8, 4) is 0 Å². The molecule has 1 unspecified atom stereocenters. The number of hydrogen-bond acceptors (Lipinski definition) is 1. The summed E-state index contributed by atoms with van der Waals surface area (Å²) in [5.74, 6) is 0. The van der Waals surface area contributed by atoms with Gasteiger partial charge in [0.1, 0.15) is 6.04 Å². The van der Waals surface area contributed by atoms with E-state index in [0.717, 1.165) is 23.9 Å². The minimum atomic E-state index is 0. The summed E-state index contributed by atoms with van der Waals surface area (Å²) < 4.78 is 0.973. The van der Waals surface area contributed by atoms with Gasteiger partial charge in [0.15, 0.2) is 0 Å². The second-order valence-corrected chi connectivity index (χ2v) is 7.33. The molecular formula is C20H27IN2. The minimum Gasteiger partial charge on any atom is -1.00 e. The molecule has 1 aliphatic rings. The Balaban J connectivity index is 0.00000192. The van der Waals surface area contributed by atoms with Crippen LogP contribution in [0.3, 0.4) is 0 Å². The van der Waals surface area contributed by atoms with Gasteiger partial charge in [0.05, 0.1) is 27.7 Å². The molecular weight excluding hydrogens is 395 g/mol. The predicted molar refractivity (Wildman–Crippen MR) is 94.8 cm³/mol. The first kappa shape index (κ1) is 18.3. The van der Waals surface area contributed by atoms with Crippen molar-refractivity contribution >= 4 is 11.4 Å². The van der Waals surface area contributed by atoms with Crippen molar-refractivity contribution in [2.45, 2.75) is 25.8 Å². The lowest BCUT2D eigenvalue weighted by Gasteiger charge is -2.37. The summed E-state index contributed by atoms with van der Waals surface area (Å²) in [5, 5.41) is 0. The number of hydrogen-bond donors (Lipinski definition) is 0. The molecule has 2 aromatic carbocycles. The minimum absolute atomic E-state index is 0. The van der Waals surface area contributed by atoms with Crippen LogP contribution in [0.4, 0.5) is 11.4 Å². The zero-order valence-electron chi connectivity index (χ0n) is 14.6. The summed E-state index contributed by atoms with van der Waals surface area (Å²) in [4.78, 5) is 2.53. The van der Waals surface area contributed by atoms with E-state index in [4.69, 9.17) is 0 Å². The highest BCUT2D eigenvalue weighted by atomic mass is 127. The molecule has 1 aliphatic heterocycles. The van der Waals surface area contributed by atoms with Crippen LogP contribution in [0, 0.1) is 0 Å². The van der Waals surface area contributed by atoms with Crippen LogP contribution in [0.25, 0.3) is 0 Å². The average molecular weight is 422 g/mol. The Morgan fingerprint density at radius 1 is 0.870 bits per heavy atom. The summed E-state index contributed by atoms with van der Waals surface area (Å²) in [5.41, 5.74) is 5.69. The zero-order valence-corrected chi connectivity index (χ0v) is 16.7. The molecule has 0 bridgehead atoms. The Hall–Kier alpha value is -1.07. The van der Waals surface area contributed by atoms with Gasteiger partial charge in [0.25, 0.3) is 0 Å². The summed E-state index contributed by atoms with van der Waals surface area (Å²) in [6, 6.07) is 18.3. The molecule has 23 heavy (non-hydrogen) atoms. The van der Waals surface area contributed by atoms with Crippen molar-refractivity contribution in [2.24, 2.45) is 0 Å². The molecule has 3 rings (SSSR count). The fraction of sp³-hybridized carbons (Fsp3) is 0.400. The van der Waals surface area contributed by atoms with E-state index in [-0.39, 0.29) is 24.0 Å². The highest BCUT2D eigenvalue weighted by Gasteiger charge is 2.26. The Morgan fingerprint density at radius 3 is 1.74 bits per heavy atom. The molecule has 0 saturated heterocycles. The van der Waals surface area contributed by atoms with Crippen molar-refractivity contribution in [1.82, 2.24) is 0 Å². The number of aryl methyl sites for hydroxylation is 2. The molecule has 3 heteroatoms. The van der Waals surface area contributed by atoms with E-state index in [9.17, 15) is 0 Å². The van der Waals surface area contributed by atoms with Crippen LogP contribution in [0.5, 0.6) is 0 Å². The molecule has 2 nitrogen and oxygen atoms in total. The highest BCUT2D eigenvalue weighted by molar-refractivity contribution is 5.71. The second-order valence-electron chi connectivity index (χ2n) is 7.33. The third-order valence-electron chi connectivity index (χ3n) is 5.00. The van der Waals surface area contributed by atoms with Gasteiger partial charge < -0.3 is 33.4 Å². The first-order valence-corrected chi connectivity index (χ1v) is 8.21. The van der Waals surface area contributed by atoms with Crippen LogP contribution in [-0.4, -0.2) is 38.2 Å². The Morgan fingerprint density at radius 2 is 1.30 bits per heavy atom. The summed E-state index contributed by atoms with van der Waals surface area (Å²) in [6.45, 7) is 3.38. The van der Waals surface area contributed by atoms with Crippen molar-refractivity contribution in [2.75, 3.05) is 32.6 Å². The number of nitrogens with zero attached hydrogens (tertiary/aromatic N) is 2. The van der Waals surface area contributed by atoms with Gasteiger partial charge in [-0.2, -0.15) is 0 Å². The van der Waals surface area contributed by atoms with E-state index in [2.05, 4.69) is 81.5 Å². The maximum absolute atomic E-state index is 2.53. The lowest BCUT2D eigenvalue weighted by atomic mass is 10.0. The summed E-state index contributed by atoms with van der Waals surface area (Å²) in [6.07, 6.45) is 2.25. The molecule has 0 radical (unpaired) electrons. The topological polar surface area (TPSA) is 3.24 Å². The summed E-state index contributed by atoms with van der Waals surface area (Å²) in [7, 11) is 6.83. The van der Waals surface area contributed by atoms with Crippen LogP contribution in [0.2, 0.25) is 0 Å². The van der Waals surface area contributed by atoms with Gasteiger partial charge in [0, 0.05) is 11.4 Å². The van der Waals surface area contributed by atoms with Gasteiger partial charge in [-0.3, -0.25) is 0 Å². The van der Waals surface area contributed by atoms with E-state index in [0.29, 0.717) is 6.04 Å². The number of rotatable bonds is 3. The molecule has 0 fully saturated rings. The van der Waals surface area contributed by atoms with E-state index < -0.39 is 0 Å². The SMILES string of the molecule is CC(CN1c2ccccc2CCc2ccccc21)[N+](C)(C)C.[I-]. The van der Waals surface area contributed by atoms with Crippen molar-refractivity contribution < 1.29 is 28.5 Å². The smallest absolute Gasteiger partial charge is 0.104 e. The van der Waals surface area contributed by atoms with Crippen LogP contribution in [0.1, 0.15) is 18.1 Å². The number of anilines is 2. The first-order chi connectivity index (χ1) is 10.5. The number of benzene rings is 2. The Labute approximate surface area is 157 Å². The van der Waals surface area contributed by atoms with Crippen LogP contribution >= 0.6 is 0 Å². The third-order valence-corrected chi connectivity index (χ3v) is 5.00. The average Bonchev–Trinajstić information content (AvgIpc) is 2.65. The van der Waals surface area contributed by atoms with Crippen LogP contribution < -0.4 is 28.9 Å². The molecule has 0 aliphatic carbocycles. The van der Waals surface area contributed by atoms with Crippen molar-refractivity contribution in [1.29, 1.82) is 0 Å². The lowest BCUT2D eigenvalue weighted by molar-refractivity contribution is -0.892. The molecule has 0 amide bonds. The van der Waals surface area contributed by atoms with Crippen molar-refractivity contribution in [3.05, 3.63) is 59.7 Å². The quantitative estimate of drug-likeness (QED) is 0.528. The van der Waals surface area contributed by atoms with Gasteiger partial charge in [-0.15, -0.1) is 0 Å². The number of fused-ring (bicyclic) bond motifs is 2. The molecule has 1 heterocycles. The van der Waals surface area contributed by atoms with Gasteiger partial charge in [-0.1, -0.05) is 36.4 Å². The number of halogens is 1. The van der Waals surface area contributed by atoms with E-state index in [1.54, 1.807) is 0 Å². The first-order valence-electron chi connectivity index (χ1n) is 8.21. The van der Waals surface area contributed by atoms with Gasteiger partial charge in [-0.05, 0) is 43.0 Å². The molecule has 0 saturated carbocycles. The van der Waals surface area contributed by atoms with E-state index >= 15 is 0 Å². The number of quaternary nitrogens is 1. The Bertz CT molecular complexity index is 613. The molecule has 0 aromatic heterocycles. The molecule has 1 atom stereocenters. The van der Waals surface area contributed by atoms with Gasteiger partial charge in [0.2, 0.25) is 0 Å². The van der Waals surface area contributed by atoms with Crippen LogP contribution in [0.15, 0.2) is 48.5 Å². The van der Waals surface area contributed by atoms with E-state index in [1.807, 2.05) is 0 Å². The maximum atomic E-state index is 2.53. The van der Waals surface area contributed by atoms with Gasteiger partial charge >= 0.3 is 0 Å². The number of para-hydroxylation sites is 2. The second kappa shape index (κ2) is 7.22. The molecule has 2 aromatic rings. The standard InChI is InChI=1S/C20H27N2.HI/c1-16(22(2,3)4)15-21-19-11-7-5-9-17(19)13-14-18-10-6-8-12-20(18)21;/h5-12,16H,13-15H2,1-4H3;1H/q+1;/p-1. The highest BCUT2D eigenvalue weighted by Crippen LogP contribution is 2.36. The molecule has 124 valence electrons. The zero-order chi connectivity index (χ0) is 15.7. The lowest BCUT2D eigenvalue weighted by Crippen LogP contribution is -3.00. The molecule has 0 N–H and O–H groups in total. The fourth-order valence-electron chi connectivity index (χ4n) is 3.08. The monoisotopic (exact) mass is 422 g/mol.